The zero-order chi connectivity index (χ0) is 21.6. The minimum atomic E-state index is -1.05. The third-order valence-corrected chi connectivity index (χ3v) is 4.64. The van der Waals surface area contributed by atoms with Crippen LogP contribution in [0.4, 0.5) is 10.5 Å². The second-order valence-electron chi connectivity index (χ2n) is 6.77. The highest BCUT2D eigenvalue weighted by Gasteiger charge is 2.47. The number of urea groups is 1. The van der Waals surface area contributed by atoms with Gasteiger partial charge < -0.3 is 15.4 Å². The summed E-state index contributed by atoms with van der Waals surface area (Å²) in [6.45, 7) is 2.33. The molecule has 0 aliphatic carbocycles. The summed E-state index contributed by atoms with van der Waals surface area (Å²) in [5.41, 5.74) is -0.674. The number of amides is 4. The standard InChI is InChI=1S/C19H21ClN4O5/c1-3-4-7-19(2)17(27)24(18(28)23-19)10-16(26)29-11-15(25)22-14-8-13(20)6-5-12(14)9-21/h5-6,8H,3-4,7,10-11H2,1-2H3,(H,22,25)(H,23,28)/t19-/m1/s1. The Morgan fingerprint density at radius 1 is 1.38 bits per heavy atom. The van der Waals surface area contributed by atoms with E-state index in [0.717, 1.165) is 17.7 Å². The van der Waals surface area contributed by atoms with Crippen molar-refractivity contribution in [1.29, 1.82) is 5.26 Å². The molecule has 0 radical (unpaired) electrons. The van der Waals surface area contributed by atoms with Crippen LogP contribution in [-0.4, -0.2) is 47.4 Å². The number of benzene rings is 1. The van der Waals surface area contributed by atoms with Crippen molar-refractivity contribution in [2.75, 3.05) is 18.5 Å². The Hall–Kier alpha value is -3.12. The van der Waals surface area contributed by atoms with Gasteiger partial charge in [-0.1, -0.05) is 31.4 Å². The number of halogens is 1. The van der Waals surface area contributed by atoms with Gasteiger partial charge in [0.1, 0.15) is 18.2 Å². The van der Waals surface area contributed by atoms with E-state index in [4.69, 9.17) is 21.6 Å². The third kappa shape index (κ3) is 5.45. The maximum absolute atomic E-state index is 12.5. The fourth-order valence-corrected chi connectivity index (χ4v) is 2.99. The number of anilines is 1. The zero-order valence-electron chi connectivity index (χ0n) is 16.1. The van der Waals surface area contributed by atoms with Crippen LogP contribution in [0.15, 0.2) is 18.2 Å². The van der Waals surface area contributed by atoms with Crippen LogP contribution in [0.2, 0.25) is 5.02 Å². The summed E-state index contributed by atoms with van der Waals surface area (Å²) >= 11 is 5.84. The van der Waals surface area contributed by atoms with Gasteiger partial charge in [0.05, 0.1) is 11.3 Å². The molecule has 29 heavy (non-hydrogen) atoms. The molecule has 154 valence electrons. The lowest BCUT2D eigenvalue weighted by Gasteiger charge is -2.21. The number of esters is 1. The number of unbranched alkanes of at least 4 members (excludes halogenated alkanes) is 1. The van der Waals surface area contributed by atoms with E-state index in [1.807, 2.05) is 13.0 Å². The molecule has 1 atom stereocenters. The van der Waals surface area contributed by atoms with Crippen LogP contribution in [0.25, 0.3) is 0 Å². The second kappa shape index (κ2) is 9.39. The summed E-state index contributed by atoms with van der Waals surface area (Å²) in [4.78, 5) is 49.3. The van der Waals surface area contributed by atoms with E-state index in [9.17, 15) is 19.2 Å². The van der Waals surface area contributed by atoms with Crippen LogP contribution >= 0.6 is 11.6 Å². The fraction of sp³-hybridized carbons (Fsp3) is 0.421. The Bertz CT molecular complexity index is 882. The predicted molar refractivity (Wildman–Crippen MR) is 104 cm³/mol. The number of hydrogen-bond acceptors (Lipinski definition) is 6. The Labute approximate surface area is 172 Å². The summed E-state index contributed by atoms with van der Waals surface area (Å²) < 4.78 is 4.85. The summed E-state index contributed by atoms with van der Waals surface area (Å²) in [7, 11) is 0. The Balaban J connectivity index is 1.89. The summed E-state index contributed by atoms with van der Waals surface area (Å²) in [5, 5.41) is 14.4. The van der Waals surface area contributed by atoms with Crippen LogP contribution in [0, 0.1) is 11.3 Å². The van der Waals surface area contributed by atoms with Gasteiger partial charge >= 0.3 is 12.0 Å². The molecule has 4 amide bonds. The Morgan fingerprint density at radius 2 is 2.10 bits per heavy atom. The maximum atomic E-state index is 12.5. The first-order valence-electron chi connectivity index (χ1n) is 8.99. The normalized spacial score (nSPS) is 18.2. The van der Waals surface area contributed by atoms with Gasteiger partial charge in [-0.3, -0.25) is 19.3 Å². The van der Waals surface area contributed by atoms with Crippen molar-refractivity contribution in [2.45, 2.75) is 38.6 Å². The smallest absolute Gasteiger partial charge is 0.326 e. The van der Waals surface area contributed by atoms with E-state index in [1.165, 1.54) is 18.2 Å². The molecule has 1 aliphatic heterocycles. The molecule has 1 aliphatic rings. The predicted octanol–water partition coefficient (Wildman–Crippen LogP) is 2.19. The lowest BCUT2D eigenvalue weighted by Crippen LogP contribution is -2.44. The number of nitriles is 1. The topological polar surface area (TPSA) is 129 Å². The number of nitrogens with one attached hydrogen (secondary N) is 2. The molecular weight excluding hydrogens is 400 g/mol. The summed E-state index contributed by atoms with van der Waals surface area (Å²) in [6, 6.07) is 5.57. The van der Waals surface area contributed by atoms with Crippen molar-refractivity contribution in [1.82, 2.24) is 10.2 Å². The number of hydrogen-bond donors (Lipinski definition) is 2. The summed E-state index contributed by atoms with van der Waals surface area (Å²) in [6.07, 6.45) is 2.06. The number of carbonyl (C=O) groups is 4. The third-order valence-electron chi connectivity index (χ3n) is 4.40. The molecule has 0 aromatic heterocycles. The molecule has 0 unspecified atom stereocenters. The van der Waals surface area contributed by atoms with Gasteiger partial charge in [0.15, 0.2) is 6.61 Å². The zero-order valence-corrected chi connectivity index (χ0v) is 16.8. The maximum Gasteiger partial charge on any atom is 0.326 e. The summed E-state index contributed by atoms with van der Waals surface area (Å²) in [5.74, 6) is -2.10. The van der Waals surface area contributed by atoms with Crippen LogP contribution in [0.1, 0.15) is 38.7 Å². The molecule has 2 rings (SSSR count). The Morgan fingerprint density at radius 3 is 2.76 bits per heavy atom. The van der Waals surface area contributed by atoms with Crippen molar-refractivity contribution in [3.05, 3.63) is 28.8 Å². The number of carbonyl (C=O) groups excluding carboxylic acids is 4. The van der Waals surface area contributed by atoms with Crippen molar-refractivity contribution in [2.24, 2.45) is 0 Å². The van der Waals surface area contributed by atoms with Crippen molar-refractivity contribution in [3.8, 4) is 6.07 Å². The first-order chi connectivity index (χ1) is 13.7. The quantitative estimate of drug-likeness (QED) is 0.490. The first-order valence-corrected chi connectivity index (χ1v) is 9.37. The van der Waals surface area contributed by atoms with E-state index < -0.39 is 42.5 Å². The van der Waals surface area contributed by atoms with Crippen molar-refractivity contribution in [3.63, 3.8) is 0 Å². The molecular formula is C19H21ClN4O5. The number of nitrogens with zero attached hydrogens (tertiary/aromatic N) is 2. The largest absolute Gasteiger partial charge is 0.454 e. The number of rotatable bonds is 8. The van der Waals surface area contributed by atoms with Gasteiger partial charge in [0, 0.05) is 5.02 Å². The molecule has 0 spiro atoms. The molecule has 0 saturated carbocycles. The SMILES string of the molecule is CCCC[C@@]1(C)NC(=O)N(CC(=O)OCC(=O)Nc2cc(Cl)ccc2C#N)C1=O. The van der Waals surface area contributed by atoms with Gasteiger partial charge in [-0.05, 0) is 31.5 Å². The van der Waals surface area contributed by atoms with Gasteiger partial charge in [0.25, 0.3) is 11.8 Å². The molecule has 0 bridgehead atoms. The van der Waals surface area contributed by atoms with E-state index >= 15 is 0 Å². The number of ether oxygens (including phenoxy) is 1. The van der Waals surface area contributed by atoms with E-state index in [2.05, 4.69) is 10.6 Å². The molecule has 1 aromatic carbocycles. The highest BCUT2D eigenvalue weighted by atomic mass is 35.5. The second-order valence-corrected chi connectivity index (χ2v) is 7.20. The highest BCUT2D eigenvalue weighted by molar-refractivity contribution is 6.31. The lowest BCUT2D eigenvalue weighted by molar-refractivity contribution is -0.150. The Kier molecular flexibility index (Phi) is 7.18. The first kappa shape index (κ1) is 22.2. The van der Waals surface area contributed by atoms with E-state index in [0.29, 0.717) is 11.4 Å². The minimum Gasteiger partial charge on any atom is -0.454 e. The molecule has 9 nitrogen and oxygen atoms in total. The van der Waals surface area contributed by atoms with Crippen LogP contribution in [0.3, 0.4) is 0 Å². The molecule has 1 saturated heterocycles. The lowest BCUT2D eigenvalue weighted by atomic mass is 9.95. The average molecular weight is 421 g/mol. The fourth-order valence-electron chi connectivity index (χ4n) is 2.81. The van der Waals surface area contributed by atoms with Gasteiger partial charge in [0.2, 0.25) is 0 Å². The monoisotopic (exact) mass is 420 g/mol. The molecule has 2 N–H and O–H groups in total. The van der Waals surface area contributed by atoms with Gasteiger partial charge in [-0.25, -0.2) is 4.79 Å². The highest BCUT2D eigenvalue weighted by Crippen LogP contribution is 2.23. The van der Waals surface area contributed by atoms with E-state index in [-0.39, 0.29) is 11.3 Å². The van der Waals surface area contributed by atoms with Crippen LogP contribution in [-0.2, 0) is 19.1 Å². The van der Waals surface area contributed by atoms with Crippen molar-refractivity contribution >= 4 is 41.1 Å². The van der Waals surface area contributed by atoms with Gasteiger partial charge in [-0.2, -0.15) is 5.26 Å². The average Bonchev–Trinajstić information content (AvgIpc) is 2.88. The van der Waals surface area contributed by atoms with E-state index in [1.54, 1.807) is 6.92 Å². The van der Waals surface area contributed by atoms with Crippen LogP contribution < -0.4 is 10.6 Å². The van der Waals surface area contributed by atoms with Crippen molar-refractivity contribution < 1.29 is 23.9 Å². The molecule has 10 heteroatoms. The molecule has 1 heterocycles. The molecule has 1 aromatic rings. The van der Waals surface area contributed by atoms with Gasteiger partial charge in [-0.15, -0.1) is 0 Å². The molecule has 1 fully saturated rings. The minimum absolute atomic E-state index is 0.182. The number of imide groups is 1. The van der Waals surface area contributed by atoms with Crippen LogP contribution in [0.5, 0.6) is 0 Å².